The maximum absolute atomic E-state index is 5.41. The first-order chi connectivity index (χ1) is 9.76. The largest absolute Gasteiger partial charge is 0.493 e. The number of thiazole rings is 1. The minimum absolute atomic E-state index is 0.253. The molecule has 1 aromatic heterocycles. The van der Waals surface area contributed by atoms with Crippen LogP contribution in [0.1, 0.15) is 15.4 Å². The van der Waals surface area contributed by atoms with E-state index >= 15 is 0 Å². The SMILES string of the molecule is COc1cc(CNCc2cnc(C)s2)cc2c1OCO2. The third-order valence-electron chi connectivity index (χ3n) is 3.02. The highest BCUT2D eigenvalue weighted by Crippen LogP contribution is 2.41. The average molecular weight is 292 g/mol. The van der Waals surface area contributed by atoms with Crippen molar-refractivity contribution in [1.29, 1.82) is 0 Å². The minimum Gasteiger partial charge on any atom is -0.493 e. The molecule has 0 radical (unpaired) electrons. The van der Waals surface area contributed by atoms with Gasteiger partial charge in [0.1, 0.15) is 0 Å². The second-order valence-electron chi connectivity index (χ2n) is 4.48. The summed E-state index contributed by atoms with van der Waals surface area (Å²) in [6.07, 6.45) is 1.91. The van der Waals surface area contributed by atoms with E-state index in [-0.39, 0.29) is 6.79 Å². The van der Waals surface area contributed by atoms with Crippen LogP contribution in [0, 0.1) is 6.92 Å². The van der Waals surface area contributed by atoms with Gasteiger partial charge in [0.15, 0.2) is 11.5 Å². The van der Waals surface area contributed by atoms with Crippen LogP contribution in [0.4, 0.5) is 0 Å². The van der Waals surface area contributed by atoms with E-state index in [4.69, 9.17) is 14.2 Å². The molecule has 0 atom stereocenters. The molecule has 1 aliphatic heterocycles. The Labute approximate surface area is 121 Å². The molecule has 5 nitrogen and oxygen atoms in total. The molecule has 1 N–H and O–H groups in total. The summed E-state index contributed by atoms with van der Waals surface area (Å²) in [6, 6.07) is 3.95. The zero-order chi connectivity index (χ0) is 13.9. The quantitative estimate of drug-likeness (QED) is 0.917. The van der Waals surface area contributed by atoms with Gasteiger partial charge in [-0.05, 0) is 24.6 Å². The van der Waals surface area contributed by atoms with E-state index < -0.39 is 0 Å². The first kappa shape index (κ1) is 13.2. The van der Waals surface area contributed by atoms with Crippen LogP contribution in [-0.4, -0.2) is 18.9 Å². The second-order valence-corrected chi connectivity index (χ2v) is 5.80. The molecule has 0 unspecified atom stereocenters. The molecule has 106 valence electrons. The van der Waals surface area contributed by atoms with E-state index in [9.17, 15) is 0 Å². The third kappa shape index (κ3) is 2.71. The number of ether oxygens (including phenoxy) is 3. The number of hydrogen-bond acceptors (Lipinski definition) is 6. The number of hydrogen-bond donors (Lipinski definition) is 1. The molecule has 0 saturated carbocycles. The predicted octanol–water partition coefficient (Wildman–Crippen LogP) is 2.48. The lowest BCUT2D eigenvalue weighted by atomic mass is 10.2. The zero-order valence-electron chi connectivity index (χ0n) is 11.4. The summed E-state index contributed by atoms with van der Waals surface area (Å²) >= 11 is 1.71. The molecule has 0 spiro atoms. The Hall–Kier alpha value is -1.79. The Morgan fingerprint density at radius 1 is 1.35 bits per heavy atom. The van der Waals surface area contributed by atoms with Crippen molar-refractivity contribution in [3.8, 4) is 17.2 Å². The van der Waals surface area contributed by atoms with Crippen molar-refractivity contribution in [2.24, 2.45) is 0 Å². The van der Waals surface area contributed by atoms with Crippen LogP contribution in [-0.2, 0) is 13.1 Å². The number of aryl methyl sites for hydroxylation is 1. The number of rotatable bonds is 5. The Bertz CT molecular complexity index is 612. The van der Waals surface area contributed by atoms with Gasteiger partial charge in [-0.3, -0.25) is 0 Å². The van der Waals surface area contributed by atoms with E-state index in [2.05, 4.69) is 10.3 Å². The van der Waals surface area contributed by atoms with Gasteiger partial charge >= 0.3 is 0 Å². The molecule has 1 aliphatic rings. The van der Waals surface area contributed by atoms with Crippen LogP contribution >= 0.6 is 11.3 Å². The van der Waals surface area contributed by atoms with Crippen LogP contribution < -0.4 is 19.5 Å². The van der Waals surface area contributed by atoms with Crippen molar-refractivity contribution in [2.75, 3.05) is 13.9 Å². The van der Waals surface area contributed by atoms with Crippen LogP contribution in [0.3, 0.4) is 0 Å². The fourth-order valence-electron chi connectivity index (χ4n) is 2.10. The normalized spacial score (nSPS) is 12.7. The first-order valence-corrected chi connectivity index (χ1v) is 7.16. The molecule has 0 aliphatic carbocycles. The highest BCUT2D eigenvalue weighted by Gasteiger charge is 2.19. The molecule has 0 amide bonds. The summed E-state index contributed by atoms with van der Waals surface area (Å²) in [5, 5.41) is 4.48. The summed E-state index contributed by atoms with van der Waals surface area (Å²) in [5.74, 6) is 2.15. The number of benzene rings is 1. The number of nitrogens with zero attached hydrogens (tertiary/aromatic N) is 1. The monoisotopic (exact) mass is 292 g/mol. The topological polar surface area (TPSA) is 52.6 Å². The summed E-state index contributed by atoms with van der Waals surface area (Å²) in [4.78, 5) is 5.47. The lowest BCUT2D eigenvalue weighted by Crippen LogP contribution is -2.11. The predicted molar refractivity (Wildman–Crippen MR) is 76.5 cm³/mol. The minimum atomic E-state index is 0.253. The van der Waals surface area contributed by atoms with Crippen molar-refractivity contribution in [3.05, 3.63) is 33.8 Å². The molecule has 20 heavy (non-hydrogen) atoms. The molecular weight excluding hydrogens is 276 g/mol. The van der Waals surface area contributed by atoms with Gasteiger partial charge in [-0.25, -0.2) is 4.98 Å². The molecule has 3 rings (SSSR count). The Morgan fingerprint density at radius 3 is 3.00 bits per heavy atom. The van der Waals surface area contributed by atoms with E-state index in [1.54, 1.807) is 18.4 Å². The van der Waals surface area contributed by atoms with Crippen molar-refractivity contribution < 1.29 is 14.2 Å². The summed E-state index contributed by atoms with van der Waals surface area (Å²) in [6.45, 7) is 3.81. The highest BCUT2D eigenvalue weighted by atomic mass is 32.1. The molecule has 2 heterocycles. The van der Waals surface area contributed by atoms with Gasteiger partial charge < -0.3 is 19.5 Å². The molecule has 0 saturated heterocycles. The lowest BCUT2D eigenvalue weighted by molar-refractivity contribution is 0.171. The van der Waals surface area contributed by atoms with Gasteiger partial charge in [-0.15, -0.1) is 11.3 Å². The average Bonchev–Trinajstić information content (AvgIpc) is 3.06. The van der Waals surface area contributed by atoms with Gasteiger partial charge in [0.25, 0.3) is 0 Å². The van der Waals surface area contributed by atoms with Gasteiger partial charge in [0.2, 0.25) is 12.5 Å². The van der Waals surface area contributed by atoms with E-state index in [1.807, 2.05) is 25.3 Å². The fraction of sp³-hybridized carbons (Fsp3) is 0.357. The van der Waals surface area contributed by atoms with Crippen LogP contribution in [0.2, 0.25) is 0 Å². The smallest absolute Gasteiger partial charge is 0.231 e. The molecule has 0 bridgehead atoms. The van der Waals surface area contributed by atoms with Crippen LogP contribution in [0.25, 0.3) is 0 Å². The van der Waals surface area contributed by atoms with Crippen molar-refractivity contribution in [1.82, 2.24) is 10.3 Å². The Kier molecular flexibility index (Phi) is 3.75. The summed E-state index contributed by atoms with van der Waals surface area (Å²) in [7, 11) is 1.63. The van der Waals surface area contributed by atoms with Gasteiger partial charge in [-0.1, -0.05) is 0 Å². The number of aromatic nitrogens is 1. The number of fused-ring (bicyclic) bond motifs is 1. The molecule has 0 fully saturated rings. The van der Waals surface area contributed by atoms with Crippen molar-refractivity contribution in [2.45, 2.75) is 20.0 Å². The Balaban J connectivity index is 1.65. The molecule has 6 heteroatoms. The first-order valence-electron chi connectivity index (χ1n) is 6.35. The van der Waals surface area contributed by atoms with E-state index in [0.29, 0.717) is 11.5 Å². The van der Waals surface area contributed by atoms with Crippen LogP contribution in [0.5, 0.6) is 17.2 Å². The Morgan fingerprint density at radius 2 is 2.25 bits per heavy atom. The van der Waals surface area contributed by atoms with Crippen molar-refractivity contribution in [3.63, 3.8) is 0 Å². The molecular formula is C14H16N2O3S. The molecule has 1 aromatic carbocycles. The fourth-order valence-corrected chi connectivity index (χ4v) is 2.87. The third-order valence-corrected chi connectivity index (χ3v) is 3.93. The summed E-state index contributed by atoms with van der Waals surface area (Å²) in [5.41, 5.74) is 1.10. The van der Waals surface area contributed by atoms with Gasteiger partial charge in [0.05, 0.1) is 12.1 Å². The van der Waals surface area contributed by atoms with Crippen molar-refractivity contribution >= 4 is 11.3 Å². The summed E-state index contributed by atoms with van der Waals surface area (Å²) < 4.78 is 16.1. The maximum Gasteiger partial charge on any atom is 0.231 e. The standard InChI is InChI=1S/C14H16N2O3S/c1-9-16-7-11(20-9)6-15-5-10-3-12(17-2)14-13(4-10)18-8-19-14/h3-4,7,15H,5-6,8H2,1-2H3. The number of methoxy groups -OCH3 is 1. The van der Waals surface area contributed by atoms with E-state index in [0.717, 1.165) is 29.4 Å². The van der Waals surface area contributed by atoms with Crippen LogP contribution in [0.15, 0.2) is 18.3 Å². The van der Waals surface area contributed by atoms with Gasteiger partial charge in [0, 0.05) is 24.2 Å². The van der Waals surface area contributed by atoms with E-state index in [1.165, 1.54) is 4.88 Å². The zero-order valence-corrected chi connectivity index (χ0v) is 12.3. The maximum atomic E-state index is 5.41. The van der Waals surface area contributed by atoms with Gasteiger partial charge in [-0.2, -0.15) is 0 Å². The molecule has 2 aromatic rings. The number of nitrogens with one attached hydrogen (secondary N) is 1. The highest BCUT2D eigenvalue weighted by molar-refractivity contribution is 7.11. The lowest BCUT2D eigenvalue weighted by Gasteiger charge is -2.08. The second kappa shape index (κ2) is 5.68.